The highest BCUT2D eigenvalue weighted by molar-refractivity contribution is 5.80. The number of H-pyrrole nitrogens is 1. The number of aromatic nitrogens is 4. The van der Waals surface area contributed by atoms with E-state index in [0.717, 1.165) is 35.3 Å². The Bertz CT molecular complexity index is 854. The van der Waals surface area contributed by atoms with E-state index in [2.05, 4.69) is 15.1 Å². The van der Waals surface area contributed by atoms with Crippen LogP contribution >= 0.6 is 0 Å². The van der Waals surface area contributed by atoms with Crippen molar-refractivity contribution in [1.82, 2.24) is 19.7 Å². The Morgan fingerprint density at radius 3 is 3.00 bits per heavy atom. The number of aryl methyl sites for hydroxylation is 1. The van der Waals surface area contributed by atoms with Gasteiger partial charge in [-0.05, 0) is 38.0 Å². The first-order valence-corrected chi connectivity index (χ1v) is 7.33. The molecule has 0 atom stereocenters. The van der Waals surface area contributed by atoms with Gasteiger partial charge in [-0.3, -0.25) is 4.57 Å². The molecule has 1 aliphatic rings. The highest BCUT2D eigenvalue weighted by atomic mass is 16.5. The Kier molecular flexibility index (Phi) is 2.70. The van der Waals surface area contributed by atoms with Gasteiger partial charge in [-0.2, -0.15) is 4.98 Å². The molecule has 1 N–H and O–H groups in total. The number of aromatic amines is 1. The second-order valence-corrected chi connectivity index (χ2v) is 5.49. The predicted octanol–water partition coefficient (Wildman–Crippen LogP) is 2.67. The summed E-state index contributed by atoms with van der Waals surface area (Å²) in [6.45, 7) is 2.60. The van der Waals surface area contributed by atoms with E-state index in [-0.39, 0.29) is 5.69 Å². The normalized spacial score (nSPS) is 15.5. The maximum atomic E-state index is 11.8. The lowest BCUT2D eigenvalue weighted by Gasteiger charge is -2.20. The van der Waals surface area contributed by atoms with Gasteiger partial charge in [-0.15, -0.1) is 0 Å². The molecular formula is C15H16N4O2. The SMILES string of the molecule is CCn1c(=O)[nH]c2cc(-c3noc(C4CCC4)n3)ccc21. The van der Waals surface area contributed by atoms with Crippen LogP contribution in [0.2, 0.25) is 0 Å². The van der Waals surface area contributed by atoms with Gasteiger partial charge in [0.05, 0.1) is 11.0 Å². The van der Waals surface area contributed by atoms with Crippen LogP contribution < -0.4 is 5.69 Å². The molecule has 0 spiro atoms. The number of nitrogens with zero attached hydrogens (tertiary/aromatic N) is 3. The van der Waals surface area contributed by atoms with E-state index in [4.69, 9.17) is 4.52 Å². The second kappa shape index (κ2) is 4.58. The fraction of sp³-hybridized carbons (Fsp3) is 0.400. The van der Waals surface area contributed by atoms with Crippen LogP contribution in [-0.2, 0) is 6.54 Å². The van der Waals surface area contributed by atoms with E-state index in [9.17, 15) is 4.79 Å². The highest BCUT2D eigenvalue weighted by Crippen LogP contribution is 2.36. The third kappa shape index (κ3) is 1.90. The maximum absolute atomic E-state index is 11.8. The fourth-order valence-corrected chi connectivity index (χ4v) is 2.79. The standard InChI is InChI=1S/C15H16N4O2/c1-2-19-12-7-6-10(8-11(12)16-15(19)20)13-17-14(21-18-13)9-4-3-5-9/h6-9H,2-5H2,1H3,(H,16,20). The van der Waals surface area contributed by atoms with E-state index in [0.29, 0.717) is 18.3 Å². The Balaban J connectivity index is 1.76. The van der Waals surface area contributed by atoms with Crippen LogP contribution in [0.15, 0.2) is 27.5 Å². The summed E-state index contributed by atoms with van der Waals surface area (Å²) in [7, 11) is 0. The van der Waals surface area contributed by atoms with Crippen molar-refractivity contribution in [3.63, 3.8) is 0 Å². The average Bonchev–Trinajstić information content (AvgIpc) is 2.99. The number of hydrogen-bond acceptors (Lipinski definition) is 4. The smallest absolute Gasteiger partial charge is 0.326 e. The molecule has 1 aliphatic carbocycles. The summed E-state index contributed by atoms with van der Waals surface area (Å²) < 4.78 is 7.05. The van der Waals surface area contributed by atoms with Crippen molar-refractivity contribution in [1.29, 1.82) is 0 Å². The molecule has 4 rings (SSSR count). The van der Waals surface area contributed by atoms with Gasteiger partial charge in [0, 0.05) is 18.0 Å². The Labute approximate surface area is 120 Å². The Morgan fingerprint density at radius 1 is 1.43 bits per heavy atom. The van der Waals surface area contributed by atoms with Gasteiger partial charge in [0.2, 0.25) is 11.7 Å². The number of rotatable bonds is 3. The third-order valence-corrected chi connectivity index (χ3v) is 4.24. The quantitative estimate of drug-likeness (QED) is 0.802. The monoisotopic (exact) mass is 284 g/mol. The van der Waals surface area contributed by atoms with Crippen LogP contribution in [0, 0.1) is 0 Å². The van der Waals surface area contributed by atoms with Crippen molar-refractivity contribution < 1.29 is 4.52 Å². The first-order chi connectivity index (χ1) is 10.3. The average molecular weight is 284 g/mol. The molecule has 1 saturated carbocycles. The van der Waals surface area contributed by atoms with E-state index < -0.39 is 0 Å². The van der Waals surface area contributed by atoms with Crippen LogP contribution in [0.3, 0.4) is 0 Å². The minimum atomic E-state index is -0.0899. The van der Waals surface area contributed by atoms with Crippen LogP contribution in [0.25, 0.3) is 22.4 Å². The molecule has 2 heterocycles. The maximum Gasteiger partial charge on any atom is 0.326 e. The van der Waals surface area contributed by atoms with Gasteiger partial charge in [0.1, 0.15) is 0 Å². The first kappa shape index (κ1) is 12.4. The van der Waals surface area contributed by atoms with E-state index in [1.165, 1.54) is 6.42 Å². The van der Waals surface area contributed by atoms with Crippen molar-refractivity contribution >= 4 is 11.0 Å². The molecule has 21 heavy (non-hydrogen) atoms. The minimum Gasteiger partial charge on any atom is -0.339 e. The molecule has 0 saturated heterocycles. The summed E-state index contributed by atoms with van der Waals surface area (Å²) >= 11 is 0. The number of fused-ring (bicyclic) bond motifs is 1. The van der Waals surface area contributed by atoms with Crippen molar-refractivity contribution in [3.8, 4) is 11.4 Å². The lowest BCUT2D eigenvalue weighted by molar-refractivity contribution is 0.292. The number of imidazole rings is 1. The zero-order valence-electron chi connectivity index (χ0n) is 11.8. The summed E-state index contributed by atoms with van der Waals surface area (Å²) in [4.78, 5) is 19.2. The van der Waals surface area contributed by atoms with Crippen molar-refractivity contribution in [2.75, 3.05) is 0 Å². The van der Waals surface area contributed by atoms with Crippen molar-refractivity contribution in [3.05, 3.63) is 34.6 Å². The molecule has 6 heteroatoms. The number of benzene rings is 1. The number of hydrogen-bond donors (Lipinski definition) is 1. The highest BCUT2D eigenvalue weighted by Gasteiger charge is 2.25. The Morgan fingerprint density at radius 2 is 2.29 bits per heavy atom. The molecule has 0 unspecified atom stereocenters. The largest absolute Gasteiger partial charge is 0.339 e. The van der Waals surface area contributed by atoms with Gasteiger partial charge >= 0.3 is 5.69 Å². The van der Waals surface area contributed by atoms with Gasteiger partial charge < -0.3 is 9.51 Å². The van der Waals surface area contributed by atoms with Crippen LogP contribution in [0.4, 0.5) is 0 Å². The summed E-state index contributed by atoms with van der Waals surface area (Å²) in [5.41, 5.74) is 2.47. The third-order valence-electron chi connectivity index (χ3n) is 4.24. The minimum absolute atomic E-state index is 0.0899. The molecule has 0 aliphatic heterocycles. The second-order valence-electron chi connectivity index (χ2n) is 5.49. The van der Waals surface area contributed by atoms with Crippen molar-refractivity contribution in [2.45, 2.75) is 38.6 Å². The zero-order chi connectivity index (χ0) is 14.4. The van der Waals surface area contributed by atoms with Gasteiger partial charge in [-0.25, -0.2) is 4.79 Å². The van der Waals surface area contributed by atoms with Crippen LogP contribution in [-0.4, -0.2) is 19.7 Å². The number of nitrogens with one attached hydrogen (secondary N) is 1. The van der Waals surface area contributed by atoms with Crippen molar-refractivity contribution in [2.24, 2.45) is 0 Å². The molecule has 6 nitrogen and oxygen atoms in total. The van der Waals surface area contributed by atoms with Gasteiger partial charge in [0.15, 0.2) is 0 Å². The lowest BCUT2D eigenvalue weighted by atomic mass is 9.85. The molecular weight excluding hydrogens is 268 g/mol. The molecule has 3 aromatic rings. The van der Waals surface area contributed by atoms with E-state index in [1.807, 2.05) is 25.1 Å². The molecule has 2 aromatic heterocycles. The topological polar surface area (TPSA) is 76.7 Å². The van der Waals surface area contributed by atoms with E-state index in [1.54, 1.807) is 4.57 Å². The molecule has 108 valence electrons. The predicted molar refractivity (Wildman–Crippen MR) is 78.1 cm³/mol. The first-order valence-electron chi connectivity index (χ1n) is 7.33. The lowest BCUT2D eigenvalue weighted by Crippen LogP contribution is -2.14. The molecule has 0 bridgehead atoms. The van der Waals surface area contributed by atoms with Crippen LogP contribution in [0.1, 0.15) is 38.0 Å². The molecule has 1 fully saturated rings. The molecule has 1 aromatic carbocycles. The molecule has 0 radical (unpaired) electrons. The summed E-state index contributed by atoms with van der Waals surface area (Å²) in [5, 5.41) is 4.06. The van der Waals surface area contributed by atoms with Gasteiger partial charge in [0.25, 0.3) is 0 Å². The molecule has 0 amide bonds. The summed E-state index contributed by atoms with van der Waals surface area (Å²) in [5.74, 6) is 1.75. The summed E-state index contributed by atoms with van der Waals surface area (Å²) in [6, 6.07) is 5.75. The Hall–Kier alpha value is -2.37. The van der Waals surface area contributed by atoms with Gasteiger partial charge in [-0.1, -0.05) is 11.6 Å². The summed E-state index contributed by atoms with van der Waals surface area (Å²) in [6.07, 6.45) is 3.50. The fourth-order valence-electron chi connectivity index (χ4n) is 2.79. The van der Waals surface area contributed by atoms with Crippen LogP contribution in [0.5, 0.6) is 0 Å². The zero-order valence-corrected chi connectivity index (χ0v) is 11.8. The van der Waals surface area contributed by atoms with E-state index >= 15 is 0 Å².